The molecule has 176 valence electrons. The van der Waals surface area contributed by atoms with Gasteiger partial charge in [-0.3, -0.25) is 4.79 Å². The Morgan fingerprint density at radius 1 is 1.09 bits per heavy atom. The quantitative estimate of drug-likeness (QED) is 0.357. The summed E-state index contributed by atoms with van der Waals surface area (Å²) in [4.78, 5) is 14.2. The lowest BCUT2D eigenvalue weighted by molar-refractivity contribution is -0.135. The van der Waals surface area contributed by atoms with Crippen molar-refractivity contribution in [3.8, 4) is 17.6 Å². The third kappa shape index (κ3) is 6.71. The molecule has 9 heteroatoms. The lowest BCUT2D eigenvalue weighted by atomic mass is 10.1. The molecule has 3 N–H and O–H groups in total. The van der Waals surface area contributed by atoms with E-state index in [2.05, 4.69) is 23.7 Å². The molecular formula is C25H24N2O5S2. The summed E-state index contributed by atoms with van der Waals surface area (Å²) in [5.41, 5.74) is 4.39. The number of thiophene rings is 1. The van der Waals surface area contributed by atoms with Crippen LogP contribution in [0.4, 0.5) is 0 Å². The van der Waals surface area contributed by atoms with Crippen molar-refractivity contribution in [3.63, 3.8) is 0 Å². The Hall–Kier alpha value is -3.58. The van der Waals surface area contributed by atoms with Gasteiger partial charge in [0.1, 0.15) is 16.5 Å². The van der Waals surface area contributed by atoms with E-state index < -0.39 is 22.5 Å². The van der Waals surface area contributed by atoms with Gasteiger partial charge < -0.3 is 14.8 Å². The molecule has 2 aromatic carbocycles. The number of aliphatic carboxylic acids is 1. The Labute approximate surface area is 202 Å². The number of H-pyrrole nitrogens is 1. The maximum Gasteiger partial charge on any atom is 0.318 e. The van der Waals surface area contributed by atoms with Gasteiger partial charge in [0.2, 0.25) is 0 Å². The molecule has 0 saturated heterocycles. The number of aromatic amines is 1. The number of fused-ring (bicyclic) bond motifs is 1. The van der Waals surface area contributed by atoms with Gasteiger partial charge in [-0.25, -0.2) is 8.42 Å². The van der Waals surface area contributed by atoms with Crippen molar-refractivity contribution in [1.82, 2.24) is 9.71 Å². The van der Waals surface area contributed by atoms with Crippen molar-refractivity contribution < 1.29 is 23.1 Å². The summed E-state index contributed by atoms with van der Waals surface area (Å²) in [6.07, 6.45) is 2.00. The molecule has 0 saturated carbocycles. The summed E-state index contributed by atoms with van der Waals surface area (Å²) in [6.45, 7) is 3.42. The molecule has 0 unspecified atom stereocenters. The summed E-state index contributed by atoms with van der Waals surface area (Å²) in [7, 11) is -2.12. The normalized spacial score (nSPS) is 10.7. The molecule has 0 radical (unpaired) electrons. The number of carboxylic acids is 1. The second-order valence-corrected chi connectivity index (χ2v) is 10.4. The van der Waals surface area contributed by atoms with Crippen LogP contribution in [0.2, 0.25) is 0 Å². The van der Waals surface area contributed by atoms with Crippen LogP contribution in [0.3, 0.4) is 0 Å². The van der Waals surface area contributed by atoms with Crippen molar-refractivity contribution >= 4 is 38.2 Å². The van der Waals surface area contributed by atoms with Crippen LogP contribution in [0.25, 0.3) is 10.9 Å². The number of hydrogen-bond donors (Lipinski definition) is 3. The standard InChI is InChI=1S/C15H13NO4S2.C10H11NO/c1-11-2-4-12(5-3-11)6-7-13-8-9-15(21-13)22(19,20)16-10-14(17)18;1-7-6-11-10-4-3-8(12-2)5-9(7)10/h2-5,8-9,16H,10H2,1H3,(H,17,18);3-6,11H,1-2H3. The van der Waals surface area contributed by atoms with E-state index in [9.17, 15) is 13.2 Å². The van der Waals surface area contributed by atoms with E-state index in [1.54, 1.807) is 13.2 Å². The maximum atomic E-state index is 11.8. The van der Waals surface area contributed by atoms with Crippen LogP contribution in [-0.4, -0.2) is 38.1 Å². The first-order valence-corrected chi connectivity index (χ1v) is 12.5. The first-order valence-electron chi connectivity index (χ1n) is 10.2. The van der Waals surface area contributed by atoms with Crippen LogP contribution in [0.1, 0.15) is 21.6 Å². The van der Waals surface area contributed by atoms with E-state index >= 15 is 0 Å². The molecule has 0 fully saturated rings. The largest absolute Gasteiger partial charge is 0.497 e. The number of aryl methyl sites for hydroxylation is 2. The number of benzene rings is 2. The second kappa shape index (κ2) is 11.0. The summed E-state index contributed by atoms with van der Waals surface area (Å²) in [5.74, 6) is 5.52. The fraction of sp³-hybridized carbons (Fsp3) is 0.160. The van der Waals surface area contributed by atoms with Gasteiger partial charge in [-0.15, -0.1) is 11.3 Å². The van der Waals surface area contributed by atoms with Gasteiger partial charge in [0.25, 0.3) is 10.0 Å². The van der Waals surface area contributed by atoms with Crippen LogP contribution in [0.15, 0.2) is 65.0 Å². The van der Waals surface area contributed by atoms with Crippen LogP contribution >= 0.6 is 11.3 Å². The summed E-state index contributed by atoms with van der Waals surface area (Å²) < 4.78 is 30.9. The Bertz CT molecular complexity index is 1460. The summed E-state index contributed by atoms with van der Waals surface area (Å²) in [5, 5.41) is 9.74. The summed E-state index contributed by atoms with van der Waals surface area (Å²) in [6, 6.07) is 16.7. The van der Waals surface area contributed by atoms with Crippen LogP contribution in [0.5, 0.6) is 5.75 Å². The van der Waals surface area contributed by atoms with E-state index in [1.165, 1.54) is 17.0 Å². The monoisotopic (exact) mass is 496 g/mol. The molecule has 0 bridgehead atoms. The fourth-order valence-electron chi connectivity index (χ4n) is 2.90. The van der Waals surface area contributed by atoms with Crippen LogP contribution in [-0.2, 0) is 14.8 Å². The van der Waals surface area contributed by atoms with Crippen molar-refractivity contribution in [2.24, 2.45) is 0 Å². The van der Waals surface area contributed by atoms with Gasteiger partial charge >= 0.3 is 5.97 Å². The average molecular weight is 497 g/mol. The SMILES string of the molecule is COc1ccc2[nH]cc(C)c2c1.Cc1ccc(C#Cc2ccc(S(=O)(=O)NCC(=O)O)s2)cc1. The first kappa shape index (κ1) is 25.1. The molecule has 4 rings (SSSR count). The molecule has 2 aromatic heterocycles. The Morgan fingerprint density at radius 2 is 1.82 bits per heavy atom. The number of rotatable bonds is 5. The van der Waals surface area contributed by atoms with Gasteiger partial charge in [-0.1, -0.05) is 29.5 Å². The highest BCUT2D eigenvalue weighted by atomic mass is 32.2. The summed E-state index contributed by atoms with van der Waals surface area (Å²) >= 11 is 0.997. The molecule has 0 aliphatic carbocycles. The van der Waals surface area contributed by atoms with Gasteiger partial charge in [-0.05, 0) is 61.9 Å². The van der Waals surface area contributed by atoms with Crippen molar-refractivity contribution in [1.29, 1.82) is 0 Å². The third-order valence-corrected chi connectivity index (χ3v) is 7.63. The molecule has 0 atom stereocenters. The minimum absolute atomic E-state index is 0.0435. The van der Waals surface area contributed by atoms with Crippen molar-refractivity contribution in [2.45, 2.75) is 18.1 Å². The Morgan fingerprint density at radius 3 is 2.50 bits per heavy atom. The molecule has 7 nitrogen and oxygen atoms in total. The molecule has 34 heavy (non-hydrogen) atoms. The average Bonchev–Trinajstić information content (AvgIpc) is 3.45. The second-order valence-electron chi connectivity index (χ2n) is 7.34. The highest BCUT2D eigenvalue weighted by molar-refractivity contribution is 7.91. The van der Waals surface area contributed by atoms with E-state index in [4.69, 9.17) is 9.84 Å². The first-order chi connectivity index (χ1) is 16.2. The lowest BCUT2D eigenvalue weighted by Crippen LogP contribution is -2.28. The number of hydrogen-bond acceptors (Lipinski definition) is 5. The highest BCUT2D eigenvalue weighted by Crippen LogP contribution is 2.22. The van der Waals surface area contributed by atoms with Gasteiger partial charge in [0, 0.05) is 22.7 Å². The smallest absolute Gasteiger partial charge is 0.318 e. The molecule has 0 spiro atoms. The van der Waals surface area contributed by atoms with E-state index in [-0.39, 0.29) is 4.21 Å². The van der Waals surface area contributed by atoms with Crippen LogP contribution < -0.4 is 9.46 Å². The van der Waals surface area contributed by atoms with Crippen molar-refractivity contribution in [3.05, 3.63) is 82.4 Å². The number of aromatic nitrogens is 1. The number of sulfonamides is 1. The predicted molar refractivity (Wildman–Crippen MR) is 134 cm³/mol. The van der Waals surface area contributed by atoms with E-state index in [0.29, 0.717) is 4.88 Å². The Kier molecular flexibility index (Phi) is 8.12. The van der Waals surface area contributed by atoms with Gasteiger partial charge in [0.05, 0.1) is 12.0 Å². The van der Waals surface area contributed by atoms with Crippen molar-refractivity contribution in [2.75, 3.05) is 13.7 Å². The number of ether oxygens (including phenoxy) is 1. The number of carbonyl (C=O) groups is 1. The number of carboxylic acid groups (broad SMARTS) is 1. The highest BCUT2D eigenvalue weighted by Gasteiger charge is 2.17. The number of methoxy groups -OCH3 is 1. The molecule has 0 aliphatic heterocycles. The third-order valence-electron chi connectivity index (χ3n) is 4.74. The minimum Gasteiger partial charge on any atom is -0.497 e. The zero-order valence-corrected chi connectivity index (χ0v) is 20.5. The molecule has 4 aromatic rings. The number of nitrogens with one attached hydrogen (secondary N) is 2. The predicted octanol–water partition coefficient (Wildman–Crippen LogP) is 4.30. The zero-order chi connectivity index (χ0) is 24.7. The van der Waals surface area contributed by atoms with Gasteiger partial charge in [-0.2, -0.15) is 4.72 Å². The molecule has 0 aliphatic rings. The van der Waals surface area contributed by atoms with E-state index in [0.717, 1.165) is 33.7 Å². The fourth-order valence-corrected chi connectivity index (χ4v) is 5.08. The maximum absolute atomic E-state index is 11.8. The van der Waals surface area contributed by atoms with Crippen LogP contribution in [0, 0.1) is 25.7 Å². The lowest BCUT2D eigenvalue weighted by Gasteiger charge is -2.00. The molecule has 2 heterocycles. The molecular weight excluding hydrogens is 472 g/mol. The topological polar surface area (TPSA) is 108 Å². The zero-order valence-electron chi connectivity index (χ0n) is 18.9. The Balaban J connectivity index is 0.000000226. The minimum atomic E-state index is -3.80. The van der Waals surface area contributed by atoms with Gasteiger partial charge in [0.15, 0.2) is 0 Å². The van der Waals surface area contributed by atoms with E-state index in [1.807, 2.05) is 60.3 Å². The molecule has 0 amide bonds.